The minimum atomic E-state index is -1.17. The zero-order valence-electron chi connectivity index (χ0n) is 28.6. The molecule has 1 saturated heterocycles. The van der Waals surface area contributed by atoms with Gasteiger partial charge < -0.3 is 5.11 Å². The van der Waals surface area contributed by atoms with Crippen LogP contribution in [0.25, 0.3) is 33.8 Å². The fourth-order valence-corrected chi connectivity index (χ4v) is 9.75. The molecule has 8 rings (SSSR count). The first-order chi connectivity index (χ1) is 25.8. The summed E-state index contributed by atoms with van der Waals surface area (Å²) in [6, 6.07) is 44.3. The van der Waals surface area contributed by atoms with Crippen molar-refractivity contribution in [3.63, 3.8) is 0 Å². The number of amides is 1. The van der Waals surface area contributed by atoms with E-state index in [0.29, 0.717) is 20.1 Å². The van der Waals surface area contributed by atoms with E-state index in [1.165, 1.54) is 26.2 Å². The molecule has 1 amide bonds. The van der Waals surface area contributed by atoms with Gasteiger partial charge in [0.1, 0.15) is 20.4 Å². The van der Waals surface area contributed by atoms with Crippen LogP contribution in [0.3, 0.4) is 0 Å². The van der Waals surface area contributed by atoms with Gasteiger partial charge in [0.25, 0.3) is 11.5 Å². The lowest BCUT2D eigenvalue weighted by Gasteiger charge is -2.15. The average molecular weight is 749 g/mol. The first-order valence-electron chi connectivity index (χ1n) is 17.2. The molecule has 0 spiro atoms. The minimum absolute atomic E-state index is 0.0317. The molecular weight excluding hydrogens is 717 g/mol. The molecule has 1 atom stereocenters. The standard InChI is InChI=1S/C44H32N2O4S3/c1-2-45-42(50)40(53-44(45)51)43-46(26-38(47)48)41(49)37(52-43)25-28-19-22-34-36(24-28)32-15-9-10-16-33(32)39(34)31-20-17-27(18-21-31)23-35(29-11-5-3-6-12-29)30-13-7-4-8-14-30/h3-25,39H,2,26H2,1H3,(H,47,48)/b37-25+,43-40-. The average Bonchev–Trinajstić information content (AvgIpc) is 3.78. The molecule has 0 radical (unpaired) electrons. The summed E-state index contributed by atoms with van der Waals surface area (Å²) < 4.78 is 2.21. The Bertz CT molecular complexity index is 2600. The lowest BCUT2D eigenvalue weighted by atomic mass is 9.88. The number of aromatic nitrogens is 1. The number of nitrogens with zero attached hydrogens (tertiary/aromatic N) is 2. The van der Waals surface area contributed by atoms with Gasteiger partial charge in [-0.15, -0.1) is 11.3 Å². The molecule has 260 valence electrons. The summed E-state index contributed by atoms with van der Waals surface area (Å²) in [5.74, 6) is -1.45. The van der Waals surface area contributed by atoms with E-state index in [2.05, 4.69) is 109 Å². The number of fused-ring (bicyclic) bond motifs is 3. The number of carboxylic acids is 1. The van der Waals surface area contributed by atoms with Crippen molar-refractivity contribution in [2.24, 2.45) is 0 Å². The lowest BCUT2D eigenvalue weighted by molar-refractivity contribution is -0.137. The number of thiocarbonyl (C=S) groups is 1. The molecule has 1 fully saturated rings. The van der Waals surface area contributed by atoms with Crippen molar-refractivity contribution in [2.75, 3.05) is 6.54 Å². The van der Waals surface area contributed by atoms with Crippen LogP contribution in [-0.2, 0) is 16.1 Å². The molecule has 6 nitrogen and oxygen atoms in total. The first-order valence-corrected chi connectivity index (χ1v) is 19.2. The fraction of sp³-hybridized carbons (Fsp3) is 0.0909. The van der Waals surface area contributed by atoms with Gasteiger partial charge in [-0.3, -0.25) is 23.9 Å². The minimum Gasteiger partial charge on any atom is -0.480 e. The molecule has 5 aromatic carbocycles. The summed E-state index contributed by atoms with van der Waals surface area (Å²) >= 11 is 7.61. The van der Waals surface area contributed by atoms with Gasteiger partial charge in [-0.25, -0.2) is 0 Å². The highest BCUT2D eigenvalue weighted by Gasteiger charge is 2.33. The van der Waals surface area contributed by atoms with Crippen LogP contribution in [-0.4, -0.2) is 37.3 Å². The Morgan fingerprint density at radius 3 is 2.06 bits per heavy atom. The van der Waals surface area contributed by atoms with E-state index in [4.69, 9.17) is 12.2 Å². The second kappa shape index (κ2) is 14.4. The van der Waals surface area contributed by atoms with Crippen LogP contribution in [0, 0.1) is 0 Å². The maximum Gasteiger partial charge on any atom is 0.323 e. The molecule has 1 aliphatic heterocycles. The highest BCUT2D eigenvalue weighted by molar-refractivity contribution is 8.30. The van der Waals surface area contributed by atoms with Gasteiger partial charge in [-0.05, 0) is 80.8 Å². The van der Waals surface area contributed by atoms with Gasteiger partial charge in [0.05, 0.1) is 4.53 Å². The molecule has 6 aromatic rings. The molecule has 1 unspecified atom stereocenters. The summed E-state index contributed by atoms with van der Waals surface area (Å²) in [5, 5.41) is 9.63. The first kappa shape index (κ1) is 34.5. The summed E-state index contributed by atoms with van der Waals surface area (Å²) in [6.07, 6.45) is 4.02. The van der Waals surface area contributed by atoms with Gasteiger partial charge in [0.2, 0.25) is 0 Å². The van der Waals surface area contributed by atoms with Gasteiger partial charge in [0.15, 0.2) is 0 Å². The second-order valence-electron chi connectivity index (χ2n) is 12.8. The normalized spacial score (nSPS) is 16.1. The van der Waals surface area contributed by atoms with Crippen LogP contribution in [0.4, 0.5) is 0 Å². The number of carbonyl (C=O) groups excluding carboxylic acids is 1. The third-order valence-corrected chi connectivity index (χ3v) is 12.3. The monoisotopic (exact) mass is 748 g/mol. The molecule has 1 N–H and O–H groups in total. The van der Waals surface area contributed by atoms with E-state index in [9.17, 15) is 19.5 Å². The van der Waals surface area contributed by atoms with Crippen molar-refractivity contribution >= 4 is 74.1 Å². The highest BCUT2D eigenvalue weighted by Crippen LogP contribution is 2.48. The number of carbonyl (C=O) groups is 2. The summed E-state index contributed by atoms with van der Waals surface area (Å²) in [5.41, 5.74) is 10.7. The van der Waals surface area contributed by atoms with E-state index in [-0.39, 0.29) is 16.7 Å². The van der Waals surface area contributed by atoms with Crippen LogP contribution in [0.1, 0.15) is 51.8 Å². The molecular formula is C44H32N2O4S3. The summed E-state index contributed by atoms with van der Waals surface area (Å²) in [4.78, 5) is 40.3. The van der Waals surface area contributed by atoms with E-state index >= 15 is 0 Å². The molecule has 53 heavy (non-hydrogen) atoms. The summed E-state index contributed by atoms with van der Waals surface area (Å²) in [6.45, 7) is 1.66. The lowest BCUT2D eigenvalue weighted by Crippen LogP contribution is -2.35. The molecule has 0 bridgehead atoms. The van der Waals surface area contributed by atoms with E-state index in [1.807, 2.05) is 31.2 Å². The Morgan fingerprint density at radius 1 is 0.792 bits per heavy atom. The van der Waals surface area contributed by atoms with Crippen molar-refractivity contribution in [3.8, 4) is 11.1 Å². The Morgan fingerprint density at radius 2 is 1.42 bits per heavy atom. The van der Waals surface area contributed by atoms with E-state index in [1.54, 1.807) is 6.08 Å². The van der Waals surface area contributed by atoms with Crippen molar-refractivity contribution in [3.05, 3.63) is 186 Å². The number of thioether (sulfide) groups is 1. The van der Waals surface area contributed by atoms with Gasteiger partial charge in [-0.2, -0.15) is 0 Å². The number of hydrogen-bond donors (Lipinski definition) is 1. The molecule has 1 aromatic heterocycles. The Hall–Kier alpha value is -5.61. The van der Waals surface area contributed by atoms with Crippen molar-refractivity contribution in [1.82, 2.24) is 9.47 Å². The smallest absolute Gasteiger partial charge is 0.323 e. The second-order valence-corrected chi connectivity index (χ2v) is 15.4. The molecule has 0 saturated carbocycles. The largest absolute Gasteiger partial charge is 0.480 e. The SMILES string of the molecule is CCN1C(=O)/C(=c2/s/c(=C/c3ccc4c(c3)-c3ccccc3C4c3ccc(C=C(c4ccccc4)c4ccccc4)cc3)c(=O)n2CC(=O)O)SC1=S. The zero-order valence-corrected chi connectivity index (χ0v) is 31.0. The number of thiazole rings is 1. The van der Waals surface area contributed by atoms with Gasteiger partial charge >= 0.3 is 5.97 Å². The van der Waals surface area contributed by atoms with E-state index in [0.717, 1.165) is 62.1 Å². The Balaban J connectivity index is 1.18. The highest BCUT2D eigenvalue weighted by atomic mass is 32.2. The molecule has 9 heteroatoms. The van der Waals surface area contributed by atoms with Gasteiger partial charge in [0, 0.05) is 12.5 Å². The van der Waals surface area contributed by atoms with Crippen molar-refractivity contribution < 1.29 is 14.7 Å². The Kier molecular flexibility index (Phi) is 9.38. The summed E-state index contributed by atoms with van der Waals surface area (Å²) in [7, 11) is 0. The fourth-order valence-electron chi connectivity index (χ4n) is 7.11. The number of carboxylic acid groups (broad SMARTS) is 1. The molecule has 2 heterocycles. The maximum atomic E-state index is 13.6. The number of rotatable bonds is 8. The Labute approximate surface area is 319 Å². The third-order valence-electron chi connectivity index (χ3n) is 9.56. The van der Waals surface area contributed by atoms with Crippen LogP contribution in [0.15, 0.2) is 132 Å². The van der Waals surface area contributed by atoms with Crippen LogP contribution < -0.4 is 14.8 Å². The van der Waals surface area contributed by atoms with Gasteiger partial charge in [-0.1, -0.05) is 145 Å². The topological polar surface area (TPSA) is 79.6 Å². The third kappa shape index (κ3) is 6.52. The predicted molar refractivity (Wildman–Crippen MR) is 219 cm³/mol. The number of benzene rings is 5. The predicted octanol–water partition coefficient (Wildman–Crippen LogP) is 7.56. The van der Waals surface area contributed by atoms with Crippen molar-refractivity contribution in [2.45, 2.75) is 19.4 Å². The maximum absolute atomic E-state index is 13.6. The number of aliphatic carboxylic acids is 1. The molecule has 1 aliphatic carbocycles. The number of hydrogen-bond acceptors (Lipinski definition) is 6. The van der Waals surface area contributed by atoms with Crippen LogP contribution in [0.2, 0.25) is 0 Å². The zero-order chi connectivity index (χ0) is 36.6. The molecule has 2 aliphatic rings. The van der Waals surface area contributed by atoms with Crippen molar-refractivity contribution in [1.29, 1.82) is 0 Å². The quantitative estimate of drug-likeness (QED) is 0.128. The van der Waals surface area contributed by atoms with E-state index < -0.39 is 18.1 Å². The van der Waals surface area contributed by atoms with Crippen LogP contribution in [0.5, 0.6) is 0 Å². The van der Waals surface area contributed by atoms with Crippen LogP contribution >= 0.6 is 35.3 Å².